The molecule has 2 aromatic rings. The van der Waals surface area contributed by atoms with E-state index in [9.17, 15) is 0 Å². The van der Waals surface area contributed by atoms with Crippen LogP contribution in [-0.2, 0) is 19.5 Å². The van der Waals surface area contributed by atoms with E-state index in [0.717, 1.165) is 42.9 Å². The summed E-state index contributed by atoms with van der Waals surface area (Å²) in [5.41, 5.74) is 1.21. The summed E-state index contributed by atoms with van der Waals surface area (Å²) >= 11 is 6.03. The van der Waals surface area contributed by atoms with Crippen molar-refractivity contribution in [1.82, 2.24) is 20.2 Å². The molecule has 0 unspecified atom stereocenters. The molecule has 0 atom stereocenters. The van der Waals surface area contributed by atoms with Crippen LogP contribution in [0.2, 0.25) is 5.02 Å². The third kappa shape index (κ3) is 6.78. The zero-order valence-corrected chi connectivity index (χ0v) is 16.1. The topological polar surface area (TPSA) is 54.2 Å². The third-order valence-corrected chi connectivity index (χ3v) is 3.92. The Morgan fingerprint density at radius 2 is 2.16 bits per heavy atom. The molecule has 0 spiro atoms. The summed E-state index contributed by atoms with van der Waals surface area (Å²) in [7, 11) is 0. The molecular weight excluding hydrogens is 334 g/mol. The van der Waals surface area contributed by atoms with Crippen LogP contribution in [0, 0.1) is 5.92 Å². The first-order valence-electron chi connectivity index (χ1n) is 8.85. The first-order chi connectivity index (χ1) is 12.1. The van der Waals surface area contributed by atoms with Crippen LogP contribution < -0.4 is 10.6 Å². The fourth-order valence-electron chi connectivity index (χ4n) is 2.56. The van der Waals surface area contributed by atoms with Crippen LogP contribution in [-0.4, -0.2) is 28.6 Å². The minimum absolute atomic E-state index is 0.562. The second-order valence-electron chi connectivity index (χ2n) is 6.39. The number of nitrogens with zero attached hydrogens (tertiary/aromatic N) is 3. The molecule has 0 saturated heterocycles. The Morgan fingerprint density at radius 1 is 1.32 bits per heavy atom. The predicted octanol–water partition coefficient (Wildman–Crippen LogP) is 3.49. The van der Waals surface area contributed by atoms with Gasteiger partial charge in [-0.15, -0.1) is 0 Å². The van der Waals surface area contributed by atoms with Crippen molar-refractivity contribution in [2.75, 3.05) is 13.1 Å². The molecule has 2 N–H and O–H groups in total. The van der Waals surface area contributed by atoms with Crippen molar-refractivity contribution in [2.45, 2.75) is 40.3 Å². The fraction of sp³-hybridized carbons (Fsp3) is 0.474. The normalized spacial score (nSPS) is 11.8. The maximum Gasteiger partial charge on any atom is 0.191 e. The summed E-state index contributed by atoms with van der Waals surface area (Å²) in [6.07, 6.45) is 4.75. The van der Waals surface area contributed by atoms with Crippen LogP contribution in [0.4, 0.5) is 0 Å². The van der Waals surface area contributed by atoms with Crippen LogP contribution in [0.25, 0.3) is 0 Å². The van der Waals surface area contributed by atoms with Crippen molar-refractivity contribution in [2.24, 2.45) is 10.9 Å². The SMILES string of the molecule is CCNC(=NCc1nccn1CC(C)C)NCCc1cccc(Cl)c1. The second kappa shape index (κ2) is 10.1. The molecule has 1 aromatic heterocycles. The minimum atomic E-state index is 0.562. The molecule has 0 aliphatic heterocycles. The maximum absolute atomic E-state index is 6.03. The third-order valence-electron chi connectivity index (χ3n) is 3.68. The number of hydrogen-bond donors (Lipinski definition) is 2. The van der Waals surface area contributed by atoms with Gasteiger partial charge in [-0.3, -0.25) is 0 Å². The molecule has 0 aliphatic rings. The van der Waals surface area contributed by atoms with Gasteiger partial charge in [0.05, 0.1) is 0 Å². The van der Waals surface area contributed by atoms with Gasteiger partial charge in [0, 0.05) is 37.1 Å². The van der Waals surface area contributed by atoms with Crippen LogP contribution in [0.3, 0.4) is 0 Å². The van der Waals surface area contributed by atoms with E-state index in [4.69, 9.17) is 11.6 Å². The van der Waals surface area contributed by atoms with Crippen LogP contribution in [0.15, 0.2) is 41.7 Å². The van der Waals surface area contributed by atoms with Crippen molar-refractivity contribution in [3.05, 3.63) is 53.1 Å². The molecule has 25 heavy (non-hydrogen) atoms. The van der Waals surface area contributed by atoms with Gasteiger partial charge in [-0.05, 0) is 37.0 Å². The molecule has 1 aromatic carbocycles. The van der Waals surface area contributed by atoms with Gasteiger partial charge in [-0.2, -0.15) is 0 Å². The van der Waals surface area contributed by atoms with E-state index >= 15 is 0 Å². The lowest BCUT2D eigenvalue weighted by atomic mass is 10.1. The first-order valence-corrected chi connectivity index (χ1v) is 9.23. The zero-order valence-electron chi connectivity index (χ0n) is 15.3. The highest BCUT2D eigenvalue weighted by molar-refractivity contribution is 6.30. The van der Waals surface area contributed by atoms with E-state index < -0.39 is 0 Å². The molecule has 5 nitrogen and oxygen atoms in total. The highest BCUT2D eigenvalue weighted by Crippen LogP contribution is 2.10. The van der Waals surface area contributed by atoms with Gasteiger partial charge in [0.25, 0.3) is 0 Å². The van der Waals surface area contributed by atoms with E-state index in [2.05, 4.69) is 52.0 Å². The Labute approximate surface area is 155 Å². The summed E-state index contributed by atoms with van der Waals surface area (Å²) in [6, 6.07) is 7.95. The molecule has 0 aliphatic carbocycles. The highest BCUT2D eigenvalue weighted by atomic mass is 35.5. The standard InChI is InChI=1S/C19H28ClN5/c1-4-21-19(23-9-8-16-6-5-7-17(20)12-16)24-13-18-22-10-11-25(18)14-15(2)3/h5-7,10-12,15H,4,8-9,13-14H2,1-3H3,(H2,21,23,24). The van der Waals surface area contributed by atoms with Crippen LogP contribution in [0.1, 0.15) is 32.2 Å². The van der Waals surface area contributed by atoms with E-state index in [-0.39, 0.29) is 0 Å². The van der Waals surface area contributed by atoms with Gasteiger partial charge >= 0.3 is 0 Å². The van der Waals surface area contributed by atoms with Gasteiger partial charge in [-0.1, -0.05) is 37.6 Å². The summed E-state index contributed by atoms with van der Waals surface area (Å²) in [6.45, 7) is 9.61. The van der Waals surface area contributed by atoms with E-state index in [1.807, 2.05) is 30.6 Å². The summed E-state index contributed by atoms with van der Waals surface area (Å²) in [4.78, 5) is 9.08. The van der Waals surface area contributed by atoms with Crippen molar-refractivity contribution in [1.29, 1.82) is 0 Å². The Morgan fingerprint density at radius 3 is 2.88 bits per heavy atom. The number of rotatable bonds is 8. The number of hydrogen-bond acceptors (Lipinski definition) is 2. The molecular formula is C19H28ClN5. The molecule has 0 bridgehead atoms. The molecule has 2 rings (SSSR count). The van der Waals surface area contributed by atoms with Gasteiger partial charge in [0.15, 0.2) is 5.96 Å². The molecule has 0 fully saturated rings. The number of guanidine groups is 1. The number of aliphatic imine (C=N–C) groups is 1. The summed E-state index contributed by atoms with van der Waals surface area (Å²) in [5.74, 6) is 2.38. The van der Waals surface area contributed by atoms with Gasteiger partial charge in [0.2, 0.25) is 0 Å². The Hall–Kier alpha value is -2.01. The van der Waals surface area contributed by atoms with Gasteiger partial charge in [-0.25, -0.2) is 9.98 Å². The Kier molecular flexibility index (Phi) is 7.79. The average molecular weight is 362 g/mol. The predicted molar refractivity (Wildman–Crippen MR) is 105 cm³/mol. The van der Waals surface area contributed by atoms with Crippen molar-refractivity contribution in [3.63, 3.8) is 0 Å². The number of imidazole rings is 1. The Balaban J connectivity index is 1.91. The molecule has 0 saturated carbocycles. The molecule has 1 heterocycles. The lowest BCUT2D eigenvalue weighted by molar-refractivity contribution is 0.507. The number of halogens is 1. The quantitative estimate of drug-likeness (QED) is 0.559. The lowest BCUT2D eigenvalue weighted by Gasteiger charge is -2.12. The molecule has 0 radical (unpaired) electrons. The van der Waals surface area contributed by atoms with Gasteiger partial charge in [0.1, 0.15) is 12.4 Å². The second-order valence-corrected chi connectivity index (χ2v) is 6.83. The largest absolute Gasteiger partial charge is 0.357 e. The van der Waals surface area contributed by atoms with Crippen molar-refractivity contribution in [3.8, 4) is 0 Å². The van der Waals surface area contributed by atoms with Crippen molar-refractivity contribution < 1.29 is 0 Å². The smallest absolute Gasteiger partial charge is 0.191 e. The van der Waals surface area contributed by atoms with E-state index in [1.54, 1.807) is 0 Å². The first kappa shape index (κ1) is 19.3. The van der Waals surface area contributed by atoms with Crippen LogP contribution in [0.5, 0.6) is 0 Å². The summed E-state index contributed by atoms with van der Waals surface area (Å²) < 4.78 is 2.17. The van der Waals surface area contributed by atoms with Crippen LogP contribution >= 0.6 is 11.6 Å². The van der Waals surface area contributed by atoms with E-state index in [1.165, 1.54) is 5.56 Å². The number of aromatic nitrogens is 2. The zero-order chi connectivity index (χ0) is 18.1. The van der Waals surface area contributed by atoms with Crippen molar-refractivity contribution >= 4 is 17.6 Å². The molecule has 136 valence electrons. The summed E-state index contributed by atoms with van der Waals surface area (Å²) in [5, 5.41) is 7.42. The minimum Gasteiger partial charge on any atom is -0.357 e. The fourth-order valence-corrected chi connectivity index (χ4v) is 2.77. The average Bonchev–Trinajstić information content (AvgIpc) is 2.99. The molecule has 0 amide bonds. The Bertz CT molecular complexity index is 678. The number of nitrogens with one attached hydrogen (secondary N) is 2. The molecule has 6 heteroatoms. The monoisotopic (exact) mass is 361 g/mol. The highest BCUT2D eigenvalue weighted by Gasteiger charge is 2.05. The number of benzene rings is 1. The lowest BCUT2D eigenvalue weighted by Crippen LogP contribution is -2.38. The van der Waals surface area contributed by atoms with E-state index in [0.29, 0.717) is 12.5 Å². The maximum atomic E-state index is 6.03. The van der Waals surface area contributed by atoms with Gasteiger partial charge < -0.3 is 15.2 Å².